The van der Waals surface area contributed by atoms with Gasteiger partial charge in [0.15, 0.2) is 8.32 Å². The zero-order chi connectivity index (χ0) is 9.19. The van der Waals surface area contributed by atoms with Crippen molar-refractivity contribution in [2.24, 2.45) is 0 Å². The van der Waals surface area contributed by atoms with Crippen LogP contribution in [0.25, 0.3) is 0 Å². The summed E-state index contributed by atoms with van der Waals surface area (Å²) >= 11 is 0. The van der Waals surface area contributed by atoms with Crippen LogP contribution in [0.5, 0.6) is 0 Å². The Hall–Kier alpha value is 0.137. The molecule has 0 aliphatic carbocycles. The fraction of sp³-hybridized carbons (Fsp3) is 1.00. The first-order valence-electron chi connectivity index (χ1n) is 4.91. The Morgan fingerprint density at radius 1 is 1.58 bits per heavy atom. The second-order valence-corrected chi connectivity index (χ2v) is 8.54. The lowest BCUT2D eigenvalue weighted by Gasteiger charge is -2.36. The first kappa shape index (κ1) is 10.2. The SMILES string of the molecule is CCC(O)C1CCC[Si](C)(C)O1. The molecule has 1 aliphatic rings. The van der Waals surface area contributed by atoms with E-state index in [1.54, 1.807) is 0 Å². The van der Waals surface area contributed by atoms with Crippen LogP contribution < -0.4 is 0 Å². The average Bonchev–Trinajstić information content (AvgIpc) is 2.01. The summed E-state index contributed by atoms with van der Waals surface area (Å²) in [6, 6.07) is 1.25. The molecular weight excluding hydrogens is 168 g/mol. The van der Waals surface area contributed by atoms with Gasteiger partial charge in [-0.3, -0.25) is 0 Å². The van der Waals surface area contributed by atoms with Gasteiger partial charge in [-0.2, -0.15) is 0 Å². The van der Waals surface area contributed by atoms with E-state index >= 15 is 0 Å². The van der Waals surface area contributed by atoms with Crippen LogP contribution in [0.1, 0.15) is 26.2 Å². The van der Waals surface area contributed by atoms with E-state index in [1.165, 1.54) is 12.5 Å². The van der Waals surface area contributed by atoms with E-state index in [0.717, 1.165) is 12.8 Å². The molecule has 0 aromatic heterocycles. The Kier molecular flexibility index (Phi) is 3.32. The molecule has 1 aliphatic heterocycles. The molecule has 0 aromatic carbocycles. The highest BCUT2D eigenvalue weighted by molar-refractivity contribution is 6.71. The van der Waals surface area contributed by atoms with E-state index in [1.807, 2.05) is 6.92 Å². The summed E-state index contributed by atoms with van der Waals surface area (Å²) < 4.78 is 5.92. The topological polar surface area (TPSA) is 29.5 Å². The van der Waals surface area contributed by atoms with Crippen LogP contribution in [-0.2, 0) is 4.43 Å². The number of rotatable bonds is 2. The maximum atomic E-state index is 9.61. The molecule has 0 radical (unpaired) electrons. The van der Waals surface area contributed by atoms with Gasteiger partial charge in [0.05, 0.1) is 12.2 Å². The van der Waals surface area contributed by atoms with Crippen molar-refractivity contribution >= 4 is 8.32 Å². The van der Waals surface area contributed by atoms with Crippen molar-refractivity contribution in [3.63, 3.8) is 0 Å². The van der Waals surface area contributed by atoms with E-state index in [0.29, 0.717) is 0 Å². The van der Waals surface area contributed by atoms with Crippen LogP contribution in [0.2, 0.25) is 19.1 Å². The molecule has 2 atom stereocenters. The van der Waals surface area contributed by atoms with Crippen LogP contribution in [0, 0.1) is 0 Å². The summed E-state index contributed by atoms with van der Waals surface area (Å²) in [6.07, 6.45) is 2.99. The van der Waals surface area contributed by atoms with E-state index in [9.17, 15) is 5.11 Å². The number of aliphatic hydroxyl groups excluding tert-OH is 1. The van der Waals surface area contributed by atoms with Gasteiger partial charge >= 0.3 is 0 Å². The molecule has 2 nitrogen and oxygen atoms in total. The molecule has 1 N–H and O–H groups in total. The Morgan fingerprint density at radius 3 is 2.75 bits per heavy atom. The molecule has 1 fully saturated rings. The lowest BCUT2D eigenvalue weighted by atomic mass is 10.1. The van der Waals surface area contributed by atoms with Crippen molar-refractivity contribution in [1.29, 1.82) is 0 Å². The lowest BCUT2D eigenvalue weighted by molar-refractivity contribution is 0.0150. The summed E-state index contributed by atoms with van der Waals surface area (Å²) in [5, 5.41) is 9.61. The predicted octanol–water partition coefficient (Wildman–Crippen LogP) is 2.14. The fourth-order valence-corrected chi connectivity index (χ4v) is 4.06. The predicted molar refractivity (Wildman–Crippen MR) is 52.7 cm³/mol. The van der Waals surface area contributed by atoms with E-state index in [-0.39, 0.29) is 12.2 Å². The molecule has 2 unspecified atom stereocenters. The zero-order valence-electron chi connectivity index (χ0n) is 8.34. The van der Waals surface area contributed by atoms with Crippen molar-refractivity contribution in [2.45, 2.75) is 57.5 Å². The molecule has 0 aromatic rings. The van der Waals surface area contributed by atoms with Crippen molar-refractivity contribution in [1.82, 2.24) is 0 Å². The zero-order valence-corrected chi connectivity index (χ0v) is 9.34. The van der Waals surface area contributed by atoms with Gasteiger partial charge in [0, 0.05) is 0 Å². The average molecular weight is 188 g/mol. The molecule has 0 spiro atoms. The maximum Gasteiger partial charge on any atom is 0.187 e. The molecule has 0 bridgehead atoms. The van der Waals surface area contributed by atoms with Crippen molar-refractivity contribution in [3.05, 3.63) is 0 Å². The van der Waals surface area contributed by atoms with Gasteiger partial charge in [-0.25, -0.2) is 0 Å². The first-order valence-corrected chi connectivity index (χ1v) is 8.02. The monoisotopic (exact) mass is 188 g/mol. The molecule has 1 rings (SSSR count). The number of hydrogen-bond acceptors (Lipinski definition) is 2. The highest BCUT2D eigenvalue weighted by Gasteiger charge is 2.33. The van der Waals surface area contributed by atoms with E-state index < -0.39 is 8.32 Å². The van der Waals surface area contributed by atoms with Gasteiger partial charge in [0.25, 0.3) is 0 Å². The normalized spacial score (nSPS) is 31.5. The van der Waals surface area contributed by atoms with Crippen molar-refractivity contribution < 1.29 is 9.53 Å². The second kappa shape index (κ2) is 3.90. The van der Waals surface area contributed by atoms with Gasteiger partial charge in [-0.15, -0.1) is 0 Å². The highest BCUT2D eigenvalue weighted by atomic mass is 28.4. The fourth-order valence-electron chi connectivity index (χ4n) is 1.79. The van der Waals surface area contributed by atoms with Gasteiger partial charge in [-0.1, -0.05) is 13.3 Å². The van der Waals surface area contributed by atoms with Crippen molar-refractivity contribution in [2.75, 3.05) is 0 Å². The van der Waals surface area contributed by atoms with E-state index in [4.69, 9.17) is 4.43 Å². The molecule has 0 saturated carbocycles. The Bertz CT molecular complexity index is 147. The smallest absolute Gasteiger partial charge is 0.187 e. The molecular formula is C9H20O2Si. The summed E-state index contributed by atoms with van der Waals surface area (Å²) in [6.45, 7) is 6.49. The standard InChI is InChI=1S/C9H20O2Si/c1-4-8(10)9-6-5-7-12(2,3)11-9/h8-10H,4-7H2,1-3H3. The van der Waals surface area contributed by atoms with Gasteiger partial charge in [0.2, 0.25) is 0 Å². The third-order valence-corrected chi connectivity index (χ3v) is 5.08. The molecule has 72 valence electrons. The Balaban J connectivity index is 2.46. The molecule has 1 saturated heterocycles. The summed E-state index contributed by atoms with van der Waals surface area (Å²) in [5.74, 6) is 0. The molecule has 1 heterocycles. The number of hydrogen-bond donors (Lipinski definition) is 1. The largest absolute Gasteiger partial charge is 0.412 e. The van der Waals surface area contributed by atoms with Crippen LogP contribution in [0.4, 0.5) is 0 Å². The minimum Gasteiger partial charge on any atom is -0.412 e. The first-order chi connectivity index (χ1) is 5.55. The van der Waals surface area contributed by atoms with Crippen LogP contribution in [0.3, 0.4) is 0 Å². The third-order valence-electron chi connectivity index (χ3n) is 2.59. The van der Waals surface area contributed by atoms with Crippen molar-refractivity contribution in [3.8, 4) is 0 Å². The van der Waals surface area contributed by atoms with Crippen LogP contribution >= 0.6 is 0 Å². The maximum absolute atomic E-state index is 9.61. The Labute approximate surface area is 76.1 Å². The lowest BCUT2D eigenvalue weighted by Crippen LogP contribution is -2.44. The third kappa shape index (κ3) is 2.57. The number of aliphatic hydroxyl groups is 1. The minimum atomic E-state index is -1.39. The van der Waals surface area contributed by atoms with Gasteiger partial charge in [0.1, 0.15) is 0 Å². The van der Waals surface area contributed by atoms with Crippen LogP contribution in [0.15, 0.2) is 0 Å². The quantitative estimate of drug-likeness (QED) is 0.673. The molecule has 12 heavy (non-hydrogen) atoms. The van der Waals surface area contributed by atoms with Gasteiger partial charge in [-0.05, 0) is 32.0 Å². The molecule has 0 amide bonds. The molecule has 3 heteroatoms. The highest BCUT2D eigenvalue weighted by Crippen LogP contribution is 2.27. The van der Waals surface area contributed by atoms with E-state index in [2.05, 4.69) is 13.1 Å². The summed E-state index contributed by atoms with van der Waals surface area (Å²) in [5.41, 5.74) is 0. The van der Waals surface area contributed by atoms with Gasteiger partial charge < -0.3 is 9.53 Å². The summed E-state index contributed by atoms with van der Waals surface area (Å²) in [4.78, 5) is 0. The van der Waals surface area contributed by atoms with Crippen LogP contribution in [-0.4, -0.2) is 25.6 Å². The summed E-state index contributed by atoms with van der Waals surface area (Å²) in [7, 11) is -1.39. The Morgan fingerprint density at radius 2 is 2.25 bits per heavy atom. The second-order valence-electron chi connectivity index (χ2n) is 4.28. The minimum absolute atomic E-state index is 0.130.